The third-order valence-corrected chi connectivity index (χ3v) is 3.10. The molecule has 1 aromatic carbocycles. The molecule has 0 saturated carbocycles. The van der Waals surface area contributed by atoms with E-state index in [-0.39, 0.29) is 12.6 Å². The van der Waals surface area contributed by atoms with Gasteiger partial charge in [-0.15, -0.1) is 0 Å². The van der Waals surface area contributed by atoms with Crippen LogP contribution in [0.3, 0.4) is 0 Å². The van der Waals surface area contributed by atoms with Crippen LogP contribution in [-0.4, -0.2) is 23.7 Å². The van der Waals surface area contributed by atoms with E-state index in [9.17, 15) is 4.79 Å². The van der Waals surface area contributed by atoms with Gasteiger partial charge in [-0.2, -0.15) is 0 Å². The lowest BCUT2D eigenvalue weighted by molar-refractivity contribution is -0.135. The number of carboxylic acids is 1. The van der Waals surface area contributed by atoms with Crippen molar-refractivity contribution in [1.29, 1.82) is 0 Å². The zero-order valence-corrected chi connectivity index (χ0v) is 10.9. The summed E-state index contributed by atoms with van der Waals surface area (Å²) in [5.74, 6) is -0.813. The maximum atomic E-state index is 10.9. The van der Waals surface area contributed by atoms with E-state index in [1.807, 2.05) is 17.0 Å². The number of halogens is 1. The van der Waals surface area contributed by atoms with Crippen molar-refractivity contribution >= 4 is 23.3 Å². The Morgan fingerprint density at radius 3 is 2.24 bits per heavy atom. The molecule has 0 aliphatic heterocycles. The SMILES string of the molecule is CCC(CC)N(CC(=O)O)c1ccc(Cl)cc1. The lowest BCUT2D eigenvalue weighted by atomic mass is 10.1. The second kappa shape index (κ2) is 6.50. The number of benzene rings is 1. The molecule has 1 aromatic rings. The first kappa shape index (κ1) is 13.8. The van der Waals surface area contributed by atoms with Gasteiger partial charge in [-0.05, 0) is 37.1 Å². The normalized spacial score (nSPS) is 10.6. The van der Waals surface area contributed by atoms with Crippen LogP contribution in [0, 0.1) is 0 Å². The number of nitrogens with zero attached hydrogens (tertiary/aromatic N) is 1. The van der Waals surface area contributed by atoms with Gasteiger partial charge in [-0.1, -0.05) is 25.4 Å². The molecule has 1 N–H and O–H groups in total. The number of carbonyl (C=O) groups is 1. The van der Waals surface area contributed by atoms with Crippen molar-refractivity contribution in [2.75, 3.05) is 11.4 Å². The molecule has 0 aliphatic carbocycles. The van der Waals surface area contributed by atoms with Gasteiger partial charge in [0.2, 0.25) is 0 Å². The Labute approximate surface area is 107 Å². The van der Waals surface area contributed by atoms with Gasteiger partial charge < -0.3 is 10.0 Å². The fourth-order valence-electron chi connectivity index (χ4n) is 1.94. The Bertz CT molecular complexity index is 360. The predicted octanol–water partition coefficient (Wildman–Crippen LogP) is 3.42. The third kappa shape index (κ3) is 3.93. The predicted molar refractivity (Wildman–Crippen MR) is 70.8 cm³/mol. The van der Waals surface area contributed by atoms with Crippen LogP contribution >= 0.6 is 11.6 Å². The van der Waals surface area contributed by atoms with Crippen LogP contribution in [-0.2, 0) is 4.79 Å². The number of anilines is 1. The van der Waals surface area contributed by atoms with E-state index in [0.717, 1.165) is 18.5 Å². The van der Waals surface area contributed by atoms with Crippen LogP contribution in [0.2, 0.25) is 5.02 Å². The number of aliphatic carboxylic acids is 1. The molecule has 0 amide bonds. The monoisotopic (exact) mass is 255 g/mol. The minimum Gasteiger partial charge on any atom is -0.480 e. The van der Waals surface area contributed by atoms with E-state index in [2.05, 4.69) is 13.8 Å². The fourth-order valence-corrected chi connectivity index (χ4v) is 2.06. The number of carboxylic acid groups (broad SMARTS) is 1. The molecule has 0 aromatic heterocycles. The highest BCUT2D eigenvalue weighted by molar-refractivity contribution is 6.30. The smallest absolute Gasteiger partial charge is 0.323 e. The van der Waals surface area contributed by atoms with Crippen molar-refractivity contribution in [2.45, 2.75) is 32.7 Å². The first-order valence-electron chi connectivity index (χ1n) is 5.82. The number of rotatable bonds is 6. The largest absolute Gasteiger partial charge is 0.480 e. The van der Waals surface area contributed by atoms with Crippen LogP contribution in [0.15, 0.2) is 24.3 Å². The summed E-state index contributed by atoms with van der Waals surface area (Å²) < 4.78 is 0. The average Bonchev–Trinajstić information content (AvgIpc) is 2.30. The van der Waals surface area contributed by atoms with Gasteiger partial charge in [0.25, 0.3) is 0 Å². The molecule has 0 bridgehead atoms. The number of hydrogen-bond acceptors (Lipinski definition) is 2. The highest BCUT2D eigenvalue weighted by atomic mass is 35.5. The van der Waals surface area contributed by atoms with E-state index in [0.29, 0.717) is 5.02 Å². The lowest BCUT2D eigenvalue weighted by Gasteiger charge is -2.31. The summed E-state index contributed by atoms with van der Waals surface area (Å²) in [6.07, 6.45) is 1.85. The quantitative estimate of drug-likeness (QED) is 0.847. The van der Waals surface area contributed by atoms with Crippen LogP contribution in [0.4, 0.5) is 5.69 Å². The van der Waals surface area contributed by atoms with Gasteiger partial charge in [0.05, 0.1) is 0 Å². The average molecular weight is 256 g/mol. The Morgan fingerprint density at radius 1 is 1.29 bits per heavy atom. The van der Waals surface area contributed by atoms with Crippen LogP contribution < -0.4 is 4.90 Å². The van der Waals surface area contributed by atoms with E-state index < -0.39 is 5.97 Å². The maximum absolute atomic E-state index is 10.9. The van der Waals surface area contributed by atoms with Gasteiger partial charge in [-0.3, -0.25) is 4.79 Å². The molecule has 1 rings (SSSR count). The zero-order valence-electron chi connectivity index (χ0n) is 10.2. The molecule has 17 heavy (non-hydrogen) atoms. The second-order valence-electron chi connectivity index (χ2n) is 3.97. The summed E-state index contributed by atoms with van der Waals surface area (Å²) in [4.78, 5) is 12.8. The maximum Gasteiger partial charge on any atom is 0.323 e. The Kier molecular flexibility index (Phi) is 5.29. The molecule has 0 heterocycles. The Morgan fingerprint density at radius 2 is 1.82 bits per heavy atom. The first-order chi connectivity index (χ1) is 8.08. The zero-order chi connectivity index (χ0) is 12.8. The third-order valence-electron chi connectivity index (χ3n) is 2.85. The molecule has 94 valence electrons. The second-order valence-corrected chi connectivity index (χ2v) is 4.40. The summed E-state index contributed by atoms with van der Waals surface area (Å²) in [6.45, 7) is 4.16. The van der Waals surface area contributed by atoms with Crippen molar-refractivity contribution < 1.29 is 9.90 Å². The molecule has 0 spiro atoms. The summed E-state index contributed by atoms with van der Waals surface area (Å²) in [5, 5.41) is 9.63. The van der Waals surface area contributed by atoms with E-state index in [1.54, 1.807) is 12.1 Å². The highest BCUT2D eigenvalue weighted by Gasteiger charge is 2.18. The highest BCUT2D eigenvalue weighted by Crippen LogP contribution is 2.22. The topological polar surface area (TPSA) is 40.5 Å². The molecule has 0 atom stereocenters. The molecular formula is C13H18ClNO2. The molecule has 0 saturated heterocycles. The molecule has 0 radical (unpaired) electrons. The fraction of sp³-hybridized carbons (Fsp3) is 0.462. The molecule has 0 aliphatic rings. The van der Waals surface area contributed by atoms with E-state index in [1.165, 1.54) is 0 Å². The first-order valence-corrected chi connectivity index (χ1v) is 6.20. The van der Waals surface area contributed by atoms with Gasteiger partial charge in [0, 0.05) is 16.8 Å². The van der Waals surface area contributed by atoms with Gasteiger partial charge in [0.1, 0.15) is 6.54 Å². The summed E-state index contributed by atoms with van der Waals surface area (Å²) >= 11 is 5.83. The summed E-state index contributed by atoms with van der Waals surface area (Å²) in [6, 6.07) is 7.54. The Balaban J connectivity index is 2.96. The van der Waals surface area contributed by atoms with E-state index in [4.69, 9.17) is 16.7 Å². The summed E-state index contributed by atoms with van der Waals surface area (Å²) in [5.41, 5.74) is 0.908. The standard InChI is InChI=1S/C13H18ClNO2/c1-3-11(4-2)15(9-13(16)17)12-7-5-10(14)6-8-12/h5-8,11H,3-4,9H2,1-2H3,(H,16,17). The molecule has 0 fully saturated rings. The molecule has 4 heteroatoms. The molecule has 0 unspecified atom stereocenters. The lowest BCUT2D eigenvalue weighted by Crippen LogP contribution is -2.38. The van der Waals surface area contributed by atoms with E-state index >= 15 is 0 Å². The van der Waals surface area contributed by atoms with Crippen molar-refractivity contribution in [3.05, 3.63) is 29.3 Å². The minimum absolute atomic E-state index is 0.0218. The van der Waals surface area contributed by atoms with Crippen LogP contribution in [0.1, 0.15) is 26.7 Å². The van der Waals surface area contributed by atoms with Crippen molar-refractivity contribution in [2.24, 2.45) is 0 Å². The van der Waals surface area contributed by atoms with Crippen molar-refractivity contribution in [3.63, 3.8) is 0 Å². The van der Waals surface area contributed by atoms with Crippen molar-refractivity contribution in [3.8, 4) is 0 Å². The van der Waals surface area contributed by atoms with Gasteiger partial charge in [-0.25, -0.2) is 0 Å². The number of hydrogen-bond donors (Lipinski definition) is 1. The van der Waals surface area contributed by atoms with Gasteiger partial charge in [0.15, 0.2) is 0 Å². The molecular weight excluding hydrogens is 238 g/mol. The minimum atomic E-state index is -0.813. The van der Waals surface area contributed by atoms with Crippen LogP contribution in [0.25, 0.3) is 0 Å². The summed E-state index contributed by atoms with van der Waals surface area (Å²) in [7, 11) is 0. The molecule has 3 nitrogen and oxygen atoms in total. The van der Waals surface area contributed by atoms with Crippen molar-refractivity contribution in [1.82, 2.24) is 0 Å². The Hall–Kier alpha value is -1.22. The van der Waals surface area contributed by atoms with Gasteiger partial charge >= 0.3 is 5.97 Å². The van der Waals surface area contributed by atoms with Crippen LogP contribution in [0.5, 0.6) is 0 Å².